The number of nitrogens with zero attached hydrogens (tertiary/aromatic N) is 4. The van der Waals surface area contributed by atoms with Crippen LogP contribution in [0.5, 0.6) is 11.5 Å². The molecule has 6 heteroatoms. The Labute approximate surface area is 464 Å². The summed E-state index contributed by atoms with van der Waals surface area (Å²) in [6, 6.07) is 77.2. The van der Waals surface area contributed by atoms with Gasteiger partial charge in [0.05, 0.1) is 0 Å². The van der Waals surface area contributed by atoms with E-state index in [0.29, 0.717) is 11.5 Å². The van der Waals surface area contributed by atoms with Crippen LogP contribution >= 0.6 is 0 Å². The van der Waals surface area contributed by atoms with Crippen LogP contribution < -0.4 is 14.5 Å². The van der Waals surface area contributed by atoms with Crippen molar-refractivity contribution in [2.24, 2.45) is 0 Å². The van der Waals surface area contributed by atoms with E-state index in [1.807, 2.05) is 12.3 Å². The summed E-state index contributed by atoms with van der Waals surface area (Å²) in [7, 11) is 0. The summed E-state index contributed by atoms with van der Waals surface area (Å²) in [4.78, 5) is 9.51. The van der Waals surface area contributed by atoms with E-state index in [1.54, 1.807) is 0 Å². The molecule has 0 unspecified atom stereocenters. The van der Waals surface area contributed by atoms with E-state index in [4.69, 9.17) is 9.72 Å². The summed E-state index contributed by atoms with van der Waals surface area (Å²) in [5.74, 6) is 2.03. The molecule has 0 saturated heterocycles. The van der Waals surface area contributed by atoms with Gasteiger partial charge in [-0.15, -0.1) is 53.6 Å². The van der Waals surface area contributed by atoms with E-state index in [0.717, 1.165) is 66.9 Å². The monoisotopic (exact) mass is 1170 g/mol. The van der Waals surface area contributed by atoms with Crippen LogP contribution in [0.3, 0.4) is 0 Å². The summed E-state index contributed by atoms with van der Waals surface area (Å²) in [5.41, 5.74) is 14.8. The molecule has 76 heavy (non-hydrogen) atoms. The van der Waals surface area contributed by atoms with Crippen LogP contribution in [-0.4, -0.2) is 9.55 Å². The van der Waals surface area contributed by atoms with Crippen molar-refractivity contribution in [2.75, 3.05) is 9.80 Å². The topological polar surface area (TPSA) is 33.5 Å². The summed E-state index contributed by atoms with van der Waals surface area (Å²) < 4.78 is 9.31. The minimum atomic E-state index is -0.398. The maximum absolute atomic E-state index is 7.06. The number of benzene rings is 8. The molecule has 0 spiro atoms. The normalized spacial score (nSPS) is 13.3. The fourth-order valence-corrected chi connectivity index (χ4v) is 10.4. The van der Waals surface area contributed by atoms with Crippen molar-refractivity contribution in [2.45, 2.75) is 90.9 Å². The van der Waals surface area contributed by atoms with Crippen molar-refractivity contribution in [1.29, 1.82) is 0 Å². The predicted molar refractivity (Wildman–Crippen MR) is 313 cm³/mol. The van der Waals surface area contributed by atoms with Gasteiger partial charge in [0.15, 0.2) is 0 Å². The average molecular weight is 1170 g/mol. The molecular weight excluding hydrogens is 1110 g/mol. The Morgan fingerprint density at radius 1 is 0.461 bits per heavy atom. The zero-order valence-corrected chi connectivity index (χ0v) is 47.5. The minimum Gasteiger partial charge on any atom is -0.509 e. The van der Waals surface area contributed by atoms with Gasteiger partial charge in [-0.2, -0.15) is 6.07 Å². The molecule has 2 aromatic heterocycles. The number of hydrogen-bond donors (Lipinski definition) is 0. The summed E-state index contributed by atoms with van der Waals surface area (Å²) in [6.45, 7) is 24.9. The summed E-state index contributed by atoms with van der Waals surface area (Å²) in [5, 5.41) is 2.25. The Morgan fingerprint density at radius 3 is 1.66 bits per heavy atom. The van der Waals surface area contributed by atoms with Gasteiger partial charge in [0.2, 0.25) is 0 Å². The Bertz CT molecular complexity index is 3730. The standard InChI is InChI=1S/C70H65N4O.Pt/c1-67(2,3)53-31-34-63-62(42-53)61-33-32-59(45-64(61)74(63)66-43-54(35-36-71-66)68(4,5)6)75-60-41-56(70(9,10)52-29-21-14-22-30-52)39-57(44-60)72-46-65(49-25-17-12-18-26-49)73(47-72)58-38-50(48-23-15-11-16-24-48)37-55(40-58)69(7,8)51-27-19-13-20-28-51;/h11-43,46-47H,1-10H3;/q-3;. The Morgan fingerprint density at radius 2 is 1.04 bits per heavy atom. The van der Waals surface area contributed by atoms with Crippen LogP contribution in [0.25, 0.3) is 44.4 Å². The van der Waals surface area contributed by atoms with E-state index in [1.165, 1.54) is 27.8 Å². The number of ether oxygens (including phenoxy) is 1. The number of hydrogen-bond acceptors (Lipinski definition) is 4. The fourth-order valence-electron chi connectivity index (χ4n) is 10.4. The molecule has 0 amide bonds. The van der Waals surface area contributed by atoms with Crippen LogP contribution in [0.1, 0.15) is 108 Å². The first-order valence-corrected chi connectivity index (χ1v) is 26.2. The Balaban J connectivity index is 0.00000657. The molecule has 10 aromatic rings. The van der Waals surface area contributed by atoms with Crippen LogP contribution in [0, 0.1) is 18.8 Å². The number of aromatic nitrogens is 2. The molecule has 0 aliphatic carbocycles. The zero-order valence-electron chi connectivity index (χ0n) is 45.2. The number of anilines is 2. The number of fused-ring (bicyclic) bond motifs is 3. The quantitative estimate of drug-likeness (QED) is 0.121. The number of rotatable bonds is 11. The molecule has 1 aliphatic rings. The van der Waals surface area contributed by atoms with E-state index in [-0.39, 0.29) is 37.3 Å². The van der Waals surface area contributed by atoms with Crippen molar-refractivity contribution in [3.63, 3.8) is 0 Å². The van der Waals surface area contributed by atoms with Gasteiger partial charge >= 0.3 is 0 Å². The smallest absolute Gasteiger partial charge is 0.135 e. The summed E-state index contributed by atoms with van der Waals surface area (Å²) in [6.07, 6.45) is 4.15. The minimum absolute atomic E-state index is 0. The predicted octanol–water partition coefficient (Wildman–Crippen LogP) is 17.9. The average Bonchev–Trinajstić information content (AvgIpc) is 4.04. The van der Waals surface area contributed by atoms with E-state index in [9.17, 15) is 0 Å². The fraction of sp³-hybridized carbons (Fsp3) is 0.200. The third-order valence-electron chi connectivity index (χ3n) is 15.3. The SMILES string of the molecule is CC(C)(C)c1ccnc(-n2c3[c-]c(Oc4[c-]c(N5C=C(c6ccccc6)N(c6cc(-c7ccccc7)cc(C(C)(C)c7ccccc7)c6)[CH-]5)cc(C(C)(C)c5ccccc5)c4)ccc3c3cc(C(C)(C)C)ccc32)c1.[Pt]. The van der Waals surface area contributed by atoms with Crippen molar-refractivity contribution in [3.8, 4) is 28.4 Å². The van der Waals surface area contributed by atoms with Gasteiger partial charge < -0.3 is 19.1 Å². The summed E-state index contributed by atoms with van der Waals surface area (Å²) >= 11 is 0. The van der Waals surface area contributed by atoms with Crippen LogP contribution in [0.4, 0.5) is 11.4 Å². The first kappa shape index (κ1) is 52.0. The van der Waals surface area contributed by atoms with Crippen molar-refractivity contribution in [3.05, 3.63) is 264 Å². The van der Waals surface area contributed by atoms with Gasteiger partial charge in [-0.1, -0.05) is 214 Å². The molecule has 0 atom stereocenters. The van der Waals surface area contributed by atoms with Gasteiger partial charge in [0, 0.05) is 61.1 Å². The van der Waals surface area contributed by atoms with Crippen LogP contribution in [-0.2, 0) is 42.7 Å². The maximum Gasteiger partial charge on any atom is 0.135 e. The zero-order chi connectivity index (χ0) is 52.3. The molecular formula is C70H65N4OPt-3. The molecule has 0 bridgehead atoms. The van der Waals surface area contributed by atoms with Crippen molar-refractivity contribution < 1.29 is 25.8 Å². The molecule has 0 fully saturated rings. The molecule has 0 saturated carbocycles. The Hall–Kier alpha value is -7.46. The first-order chi connectivity index (χ1) is 35.9. The second kappa shape index (κ2) is 20.2. The van der Waals surface area contributed by atoms with E-state index in [2.05, 4.69) is 297 Å². The first-order valence-electron chi connectivity index (χ1n) is 26.2. The molecule has 11 rings (SSSR count). The van der Waals surface area contributed by atoms with Gasteiger partial charge in [0.25, 0.3) is 0 Å². The Kier molecular flexibility index (Phi) is 13.9. The maximum atomic E-state index is 7.06. The molecule has 384 valence electrons. The molecule has 0 N–H and O–H groups in total. The van der Waals surface area contributed by atoms with Gasteiger partial charge in [-0.3, -0.25) is 0 Å². The van der Waals surface area contributed by atoms with E-state index >= 15 is 0 Å². The molecule has 1 aliphatic heterocycles. The molecule has 8 aromatic carbocycles. The second-order valence-corrected chi connectivity index (χ2v) is 23.2. The molecule has 0 radical (unpaired) electrons. The van der Waals surface area contributed by atoms with Crippen LogP contribution in [0.2, 0.25) is 0 Å². The molecule has 3 heterocycles. The van der Waals surface area contributed by atoms with E-state index < -0.39 is 5.41 Å². The van der Waals surface area contributed by atoms with Gasteiger partial charge in [-0.25, -0.2) is 4.98 Å². The van der Waals surface area contributed by atoms with Gasteiger partial charge in [-0.05, 0) is 103 Å². The number of pyridine rings is 1. The third-order valence-corrected chi connectivity index (χ3v) is 15.3. The second-order valence-electron chi connectivity index (χ2n) is 23.2. The van der Waals surface area contributed by atoms with Crippen molar-refractivity contribution in [1.82, 2.24) is 9.55 Å². The van der Waals surface area contributed by atoms with Crippen LogP contribution in [0.15, 0.2) is 207 Å². The van der Waals surface area contributed by atoms with Gasteiger partial charge in [0.1, 0.15) is 5.82 Å². The molecule has 5 nitrogen and oxygen atoms in total. The van der Waals surface area contributed by atoms with Crippen molar-refractivity contribution >= 4 is 38.9 Å². The third kappa shape index (κ3) is 10.1. The largest absolute Gasteiger partial charge is 0.509 e.